The molecule has 7 nitrogen and oxygen atoms in total. The summed E-state index contributed by atoms with van der Waals surface area (Å²) in [7, 11) is 0. The Morgan fingerprint density at radius 1 is 1.27 bits per heavy atom. The minimum absolute atomic E-state index is 0.0114. The van der Waals surface area contributed by atoms with E-state index in [9.17, 15) is 18.8 Å². The number of carbonyl (C=O) groups is 3. The van der Waals surface area contributed by atoms with Crippen molar-refractivity contribution in [2.45, 2.75) is 6.92 Å². The number of nitrogens with zero attached hydrogens (tertiary/aromatic N) is 3. The zero-order valence-corrected chi connectivity index (χ0v) is 16.8. The second kappa shape index (κ2) is 8.11. The van der Waals surface area contributed by atoms with Crippen LogP contribution in [0.3, 0.4) is 0 Å². The van der Waals surface area contributed by atoms with Crippen molar-refractivity contribution in [3.63, 3.8) is 0 Å². The van der Waals surface area contributed by atoms with E-state index in [1.54, 1.807) is 22.7 Å². The zero-order valence-electron chi connectivity index (χ0n) is 16.0. The van der Waals surface area contributed by atoms with Crippen LogP contribution >= 0.6 is 11.8 Å². The van der Waals surface area contributed by atoms with Crippen LogP contribution in [0, 0.1) is 12.7 Å². The molecule has 1 saturated heterocycles. The van der Waals surface area contributed by atoms with Crippen LogP contribution in [0.25, 0.3) is 11.7 Å². The predicted octanol–water partition coefficient (Wildman–Crippen LogP) is 3.25. The highest BCUT2D eigenvalue weighted by atomic mass is 32.2. The van der Waals surface area contributed by atoms with E-state index < -0.39 is 22.9 Å². The molecule has 1 N–H and O–H groups in total. The summed E-state index contributed by atoms with van der Waals surface area (Å²) in [5.41, 5.74) is 2.17. The first-order chi connectivity index (χ1) is 14.4. The van der Waals surface area contributed by atoms with Crippen molar-refractivity contribution in [1.29, 1.82) is 0 Å². The molecule has 30 heavy (non-hydrogen) atoms. The fourth-order valence-corrected chi connectivity index (χ4v) is 3.85. The average Bonchev–Trinajstić information content (AvgIpc) is 3.25. The van der Waals surface area contributed by atoms with Gasteiger partial charge in [0.15, 0.2) is 0 Å². The van der Waals surface area contributed by atoms with Gasteiger partial charge in [-0.05, 0) is 48.5 Å². The summed E-state index contributed by atoms with van der Waals surface area (Å²) in [6.45, 7) is 2.03. The second-order valence-corrected chi connectivity index (χ2v) is 7.70. The Morgan fingerprint density at radius 2 is 2.07 bits per heavy atom. The van der Waals surface area contributed by atoms with Gasteiger partial charge in [-0.3, -0.25) is 19.3 Å². The highest BCUT2D eigenvalue weighted by Gasteiger charge is 2.34. The van der Waals surface area contributed by atoms with Crippen LogP contribution in [0.15, 0.2) is 53.7 Å². The van der Waals surface area contributed by atoms with Crippen LogP contribution in [0.4, 0.5) is 9.18 Å². The first-order valence-corrected chi connectivity index (χ1v) is 9.97. The first kappa shape index (κ1) is 19.8. The summed E-state index contributed by atoms with van der Waals surface area (Å²) in [6, 6.07) is 9.77. The van der Waals surface area contributed by atoms with Crippen LogP contribution in [-0.4, -0.2) is 44.4 Å². The lowest BCUT2D eigenvalue weighted by Gasteiger charge is -2.12. The van der Waals surface area contributed by atoms with E-state index in [0.717, 1.165) is 22.2 Å². The Balaban J connectivity index is 1.38. The number of nitrogens with one attached hydrogen (secondary N) is 1. The summed E-state index contributed by atoms with van der Waals surface area (Å²) in [4.78, 5) is 42.5. The standard InChI is InChI=1S/C21H17FN4O3S/c1-13-6-8-25-12-16(24-18(25)10-13)19(27)23-7-9-26-20(28)17(30-21(26)29)11-14-4-2-3-5-15(14)22/h2-6,8,10-12H,7,9H2,1H3,(H,23,27)/b17-11-. The fraction of sp³-hybridized carbons (Fsp3) is 0.143. The number of fused-ring (bicyclic) bond motifs is 1. The Kier molecular flexibility index (Phi) is 5.37. The van der Waals surface area contributed by atoms with E-state index in [0.29, 0.717) is 5.65 Å². The van der Waals surface area contributed by atoms with Gasteiger partial charge in [0.2, 0.25) is 0 Å². The molecule has 3 heterocycles. The number of imide groups is 1. The van der Waals surface area contributed by atoms with Crippen molar-refractivity contribution in [2.75, 3.05) is 13.1 Å². The third-order valence-corrected chi connectivity index (χ3v) is 5.44. The van der Waals surface area contributed by atoms with Gasteiger partial charge in [0.25, 0.3) is 17.1 Å². The molecule has 0 aliphatic carbocycles. The van der Waals surface area contributed by atoms with Crippen LogP contribution in [-0.2, 0) is 4.79 Å². The smallest absolute Gasteiger partial charge is 0.293 e. The maximum Gasteiger partial charge on any atom is 0.293 e. The summed E-state index contributed by atoms with van der Waals surface area (Å²) in [5, 5.41) is 2.21. The number of halogens is 1. The third kappa shape index (κ3) is 3.97. The molecule has 1 aromatic carbocycles. The Bertz CT molecular complexity index is 1200. The number of hydrogen-bond acceptors (Lipinski definition) is 5. The SMILES string of the molecule is Cc1ccn2cc(C(=O)NCCN3C(=O)S/C(=C\c4ccccc4F)C3=O)nc2c1. The van der Waals surface area contributed by atoms with Crippen LogP contribution in [0.5, 0.6) is 0 Å². The Labute approximate surface area is 175 Å². The molecule has 9 heteroatoms. The minimum atomic E-state index is -0.509. The number of pyridine rings is 1. The number of aryl methyl sites for hydroxylation is 1. The molecule has 0 saturated carbocycles. The second-order valence-electron chi connectivity index (χ2n) is 6.71. The van der Waals surface area contributed by atoms with Gasteiger partial charge in [0.1, 0.15) is 17.2 Å². The molecular weight excluding hydrogens is 407 g/mol. The molecule has 4 rings (SSSR count). The van der Waals surface area contributed by atoms with Gasteiger partial charge < -0.3 is 9.72 Å². The van der Waals surface area contributed by atoms with E-state index in [1.165, 1.54) is 18.2 Å². The monoisotopic (exact) mass is 424 g/mol. The summed E-state index contributed by atoms with van der Waals surface area (Å²) >= 11 is 0.748. The van der Waals surface area contributed by atoms with Gasteiger partial charge in [-0.15, -0.1) is 0 Å². The number of rotatable bonds is 5. The van der Waals surface area contributed by atoms with Crippen LogP contribution in [0.2, 0.25) is 0 Å². The third-order valence-electron chi connectivity index (χ3n) is 4.53. The molecule has 3 aromatic rings. The molecule has 2 aromatic heterocycles. The molecule has 3 amide bonds. The fourth-order valence-electron chi connectivity index (χ4n) is 2.99. The van der Waals surface area contributed by atoms with Gasteiger partial charge in [-0.1, -0.05) is 18.2 Å². The Hall–Kier alpha value is -3.46. The molecular formula is C21H17FN4O3S. The molecule has 152 valence electrons. The van der Waals surface area contributed by atoms with Crippen molar-refractivity contribution in [3.8, 4) is 0 Å². The quantitative estimate of drug-likeness (QED) is 0.636. The van der Waals surface area contributed by atoms with Crippen molar-refractivity contribution in [1.82, 2.24) is 19.6 Å². The average molecular weight is 424 g/mol. The molecule has 1 aliphatic heterocycles. The zero-order chi connectivity index (χ0) is 21.3. The molecule has 1 aliphatic rings. The predicted molar refractivity (Wildman–Crippen MR) is 111 cm³/mol. The normalized spacial score (nSPS) is 15.4. The lowest BCUT2D eigenvalue weighted by atomic mass is 10.2. The molecule has 0 unspecified atom stereocenters. The topological polar surface area (TPSA) is 83.8 Å². The maximum atomic E-state index is 13.8. The lowest BCUT2D eigenvalue weighted by molar-refractivity contribution is -0.122. The van der Waals surface area contributed by atoms with Crippen molar-refractivity contribution < 1.29 is 18.8 Å². The van der Waals surface area contributed by atoms with Crippen molar-refractivity contribution in [3.05, 3.63) is 76.3 Å². The number of thioether (sulfide) groups is 1. The number of carbonyl (C=O) groups excluding carboxylic acids is 3. The van der Waals surface area contributed by atoms with E-state index in [1.807, 2.05) is 25.3 Å². The van der Waals surface area contributed by atoms with Crippen LogP contribution in [0.1, 0.15) is 21.6 Å². The van der Waals surface area contributed by atoms with Gasteiger partial charge >= 0.3 is 0 Å². The molecule has 0 bridgehead atoms. The minimum Gasteiger partial charge on any atom is -0.349 e. The molecule has 1 fully saturated rings. The Morgan fingerprint density at radius 3 is 2.87 bits per heavy atom. The molecule has 0 spiro atoms. The van der Waals surface area contributed by atoms with Crippen molar-refractivity contribution in [2.24, 2.45) is 0 Å². The summed E-state index contributed by atoms with van der Waals surface area (Å²) < 4.78 is 15.5. The van der Waals surface area contributed by atoms with Gasteiger partial charge in [-0.25, -0.2) is 9.37 Å². The maximum absolute atomic E-state index is 13.8. The molecule has 0 radical (unpaired) electrons. The largest absolute Gasteiger partial charge is 0.349 e. The van der Waals surface area contributed by atoms with E-state index in [4.69, 9.17) is 0 Å². The molecule has 0 atom stereocenters. The van der Waals surface area contributed by atoms with E-state index in [2.05, 4.69) is 10.3 Å². The number of benzene rings is 1. The first-order valence-electron chi connectivity index (χ1n) is 9.16. The number of imidazole rings is 1. The summed E-state index contributed by atoms with van der Waals surface area (Å²) in [5.74, 6) is -1.38. The lowest BCUT2D eigenvalue weighted by Crippen LogP contribution is -2.37. The van der Waals surface area contributed by atoms with E-state index in [-0.39, 0.29) is 29.3 Å². The highest BCUT2D eigenvalue weighted by Crippen LogP contribution is 2.32. The van der Waals surface area contributed by atoms with Gasteiger partial charge in [-0.2, -0.15) is 0 Å². The van der Waals surface area contributed by atoms with Crippen LogP contribution < -0.4 is 5.32 Å². The number of amides is 3. The van der Waals surface area contributed by atoms with E-state index >= 15 is 0 Å². The number of aromatic nitrogens is 2. The van der Waals surface area contributed by atoms with Gasteiger partial charge in [0.05, 0.1) is 4.91 Å². The van der Waals surface area contributed by atoms with Crippen molar-refractivity contribution >= 4 is 40.5 Å². The summed E-state index contributed by atoms with van der Waals surface area (Å²) in [6.07, 6.45) is 4.79. The highest BCUT2D eigenvalue weighted by molar-refractivity contribution is 8.18. The van der Waals surface area contributed by atoms with Gasteiger partial charge in [0, 0.05) is 31.0 Å². The number of hydrogen-bond donors (Lipinski definition) is 1.